The molecule has 1 atom stereocenters. The molecule has 0 radical (unpaired) electrons. The van der Waals surface area contributed by atoms with E-state index in [4.69, 9.17) is 11.1 Å². The topological polar surface area (TPSA) is 49.9 Å². The summed E-state index contributed by atoms with van der Waals surface area (Å²) in [6, 6.07) is 8.39. The van der Waals surface area contributed by atoms with Gasteiger partial charge in [0.15, 0.2) is 0 Å². The van der Waals surface area contributed by atoms with Gasteiger partial charge in [0.25, 0.3) is 0 Å². The van der Waals surface area contributed by atoms with Crippen LogP contribution < -0.4 is 5.73 Å². The van der Waals surface area contributed by atoms with E-state index in [9.17, 15) is 0 Å². The minimum absolute atomic E-state index is 0.615. The molecule has 92 valence electrons. The van der Waals surface area contributed by atoms with E-state index in [0.717, 1.165) is 17.6 Å². The van der Waals surface area contributed by atoms with E-state index in [1.807, 2.05) is 6.07 Å². The third-order valence-corrected chi connectivity index (χ3v) is 3.16. The van der Waals surface area contributed by atoms with Crippen molar-refractivity contribution in [1.82, 2.24) is 0 Å². The van der Waals surface area contributed by atoms with Crippen molar-refractivity contribution in [2.75, 3.05) is 0 Å². The van der Waals surface area contributed by atoms with Gasteiger partial charge < -0.3 is 11.1 Å². The van der Waals surface area contributed by atoms with Gasteiger partial charge in [-0.3, -0.25) is 0 Å². The predicted molar refractivity (Wildman–Crippen MR) is 75.3 cm³/mol. The maximum absolute atomic E-state index is 7.33. The number of nitrogens with one attached hydrogen (secondary N) is 1. The van der Waals surface area contributed by atoms with Crippen molar-refractivity contribution in [1.29, 1.82) is 5.41 Å². The highest BCUT2D eigenvalue weighted by Gasteiger charge is 2.09. The van der Waals surface area contributed by atoms with Crippen molar-refractivity contribution in [3.05, 3.63) is 41.6 Å². The molecule has 0 amide bonds. The van der Waals surface area contributed by atoms with Crippen LogP contribution in [0.5, 0.6) is 0 Å². The molecule has 1 rings (SSSR count). The van der Waals surface area contributed by atoms with Gasteiger partial charge in [-0.15, -0.1) is 0 Å². The molecule has 0 saturated carbocycles. The van der Waals surface area contributed by atoms with Gasteiger partial charge in [0.2, 0.25) is 0 Å². The zero-order chi connectivity index (χ0) is 12.7. The number of benzene rings is 1. The summed E-state index contributed by atoms with van der Waals surface area (Å²) in [5.41, 5.74) is 8.69. The minimum atomic E-state index is 0.615. The van der Waals surface area contributed by atoms with E-state index in [1.165, 1.54) is 30.8 Å². The standard InChI is InChI=1S/C15H22N2/c1-3-6-12(4-2)13-7-5-8-14(9-13)15(10-16)11-17/h5,7-12,16H,3-4,6,17H2,1-2H3/b15-11+,16-10?. The van der Waals surface area contributed by atoms with Crippen LogP contribution >= 0.6 is 0 Å². The highest BCUT2D eigenvalue weighted by atomic mass is 14.5. The van der Waals surface area contributed by atoms with Crippen LogP contribution in [0.15, 0.2) is 30.5 Å². The molecule has 0 aliphatic rings. The van der Waals surface area contributed by atoms with E-state index >= 15 is 0 Å². The van der Waals surface area contributed by atoms with Crippen molar-refractivity contribution in [2.24, 2.45) is 5.73 Å². The van der Waals surface area contributed by atoms with E-state index in [1.54, 1.807) is 0 Å². The van der Waals surface area contributed by atoms with Crippen LogP contribution in [0, 0.1) is 5.41 Å². The van der Waals surface area contributed by atoms with Crippen molar-refractivity contribution in [3.63, 3.8) is 0 Å². The Kier molecular flexibility index (Phi) is 5.47. The summed E-state index contributed by atoms with van der Waals surface area (Å²) in [6.07, 6.45) is 6.37. The molecule has 0 saturated heterocycles. The van der Waals surface area contributed by atoms with Crippen LogP contribution in [0.3, 0.4) is 0 Å². The van der Waals surface area contributed by atoms with Crippen LogP contribution in [0.4, 0.5) is 0 Å². The Balaban J connectivity index is 3.03. The molecule has 2 nitrogen and oxygen atoms in total. The Bertz CT molecular complexity index is 394. The van der Waals surface area contributed by atoms with Crippen molar-refractivity contribution in [3.8, 4) is 0 Å². The number of hydrogen-bond donors (Lipinski definition) is 2. The second-order valence-corrected chi connectivity index (χ2v) is 4.29. The Morgan fingerprint density at radius 2 is 2.18 bits per heavy atom. The van der Waals surface area contributed by atoms with Gasteiger partial charge in [0, 0.05) is 18.0 Å². The van der Waals surface area contributed by atoms with Gasteiger partial charge >= 0.3 is 0 Å². The summed E-state index contributed by atoms with van der Waals surface area (Å²) < 4.78 is 0. The normalized spacial score (nSPS) is 13.4. The third kappa shape index (κ3) is 3.45. The minimum Gasteiger partial charge on any atom is -0.404 e. The maximum Gasteiger partial charge on any atom is 0.0270 e. The highest BCUT2D eigenvalue weighted by Crippen LogP contribution is 2.26. The first kappa shape index (κ1) is 13.5. The average Bonchev–Trinajstić information content (AvgIpc) is 2.38. The summed E-state index contributed by atoms with van der Waals surface area (Å²) in [6.45, 7) is 4.44. The van der Waals surface area contributed by atoms with Gasteiger partial charge in [0.05, 0.1) is 0 Å². The van der Waals surface area contributed by atoms with Gasteiger partial charge in [-0.2, -0.15) is 0 Å². The molecule has 3 N–H and O–H groups in total. The summed E-state index contributed by atoms with van der Waals surface area (Å²) in [5, 5.41) is 7.33. The predicted octanol–water partition coefficient (Wildman–Crippen LogP) is 3.93. The molecule has 17 heavy (non-hydrogen) atoms. The molecule has 0 heterocycles. The fourth-order valence-corrected chi connectivity index (χ4v) is 2.15. The molecule has 1 aromatic carbocycles. The molecule has 0 aromatic heterocycles. The molecule has 0 spiro atoms. The van der Waals surface area contributed by atoms with Crippen molar-refractivity contribution >= 4 is 11.8 Å². The number of nitrogens with two attached hydrogens (primary N) is 1. The Hall–Kier alpha value is -1.57. The molecular formula is C15H22N2. The SMILES string of the molecule is CCCC(CC)c1cccc(/C(C=N)=C/N)c1. The lowest BCUT2D eigenvalue weighted by molar-refractivity contribution is 0.596. The second kappa shape index (κ2) is 6.89. The second-order valence-electron chi connectivity index (χ2n) is 4.29. The lowest BCUT2D eigenvalue weighted by Crippen LogP contribution is -1.98. The van der Waals surface area contributed by atoms with E-state index in [0.29, 0.717) is 5.92 Å². The van der Waals surface area contributed by atoms with Crippen LogP contribution in [0.25, 0.3) is 5.57 Å². The zero-order valence-electron chi connectivity index (χ0n) is 10.7. The molecule has 0 aliphatic heterocycles. The van der Waals surface area contributed by atoms with Gasteiger partial charge in [-0.1, -0.05) is 44.5 Å². The lowest BCUT2D eigenvalue weighted by atomic mass is 9.90. The number of hydrogen-bond acceptors (Lipinski definition) is 2. The molecule has 2 heteroatoms. The first-order valence-electron chi connectivity index (χ1n) is 6.29. The van der Waals surface area contributed by atoms with Crippen LogP contribution in [-0.2, 0) is 0 Å². The number of allylic oxidation sites excluding steroid dienone is 1. The van der Waals surface area contributed by atoms with Gasteiger partial charge in [0.1, 0.15) is 0 Å². The monoisotopic (exact) mass is 230 g/mol. The molecule has 1 unspecified atom stereocenters. The quantitative estimate of drug-likeness (QED) is 0.715. The molecule has 0 bridgehead atoms. The summed E-state index contributed by atoms with van der Waals surface area (Å²) in [4.78, 5) is 0. The Morgan fingerprint density at radius 1 is 1.41 bits per heavy atom. The lowest BCUT2D eigenvalue weighted by Gasteiger charge is -2.15. The van der Waals surface area contributed by atoms with Crippen LogP contribution in [0.1, 0.15) is 50.2 Å². The first-order valence-corrected chi connectivity index (χ1v) is 6.29. The molecule has 0 fully saturated rings. The first-order chi connectivity index (χ1) is 8.26. The highest BCUT2D eigenvalue weighted by molar-refractivity contribution is 6.08. The fourth-order valence-electron chi connectivity index (χ4n) is 2.15. The van der Waals surface area contributed by atoms with Crippen LogP contribution in [0.2, 0.25) is 0 Å². The summed E-state index contributed by atoms with van der Waals surface area (Å²) in [5.74, 6) is 0.615. The Labute approximate surface area is 104 Å². The number of rotatable bonds is 6. The smallest absolute Gasteiger partial charge is 0.0270 e. The van der Waals surface area contributed by atoms with Gasteiger partial charge in [-0.05, 0) is 29.9 Å². The summed E-state index contributed by atoms with van der Waals surface area (Å²) >= 11 is 0. The fraction of sp³-hybridized carbons (Fsp3) is 0.400. The van der Waals surface area contributed by atoms with Gasteiger partial charge in [-0.25, -0.2) is 0 Å². The van der Waals surface area contributed by atoms with E-state index < -0.39 is 0 Å². The van der Waals surface area contributed by atoms with Crippen LogP contribution in [-0.4, -0.2) is 6.21 Å². The molecule has 0 aliphatic carbocycles. The zero-order valence-corrected chi connectivity index (χ0v) is 10.7. The Morgan fingerprint density at radius 3 is 2.71 bits per heavy atom. The molecule has 1 aromatic rings. The third-order valence-electron chi connectivity index (χ3n) is 3.16. The van der Waals surface area contributed by atoms with E-state index in [2.05, 4.69) is 32.0 Å². The molecular weight excluding hydrogens is 208 g/mol. The van der Waals surface area contributed by atoms with Crippen molar-refractivity contribution in [2.45, 2.75) is 39.0 Å². The largest absolute Gasteiger partial charge is 0.404 e. The average molecular weight is 230 g/mol. The van der Waals surface area contributed by atoms with E-state index in [-0.39, 0.29) is 0 Å². The van der Waals surface area contributed by atoms with Crippen molar-refractivity contribution < 1.29 is 0 Å². The maximum atomic E-state index is 7.33. The summed E-state index contributed by atoms with van der Waals surface area (Å²) in [7, 11) is 0.